The third-order valence-corrected chi connectivity index (χ3v) is 7.12. The van der Waals surface area contributed by atoms with Gasteiger partial charge >= 0.3 is 0 Å². The Balaban J connectivity index is 1.32. The van der Waals surface area contributed by atoms with Gasteiger partial charge in [-0.25, -0.2) is 9.37 Å². The molecule has 2 aliphatic heterocycles. The molecule has 1 aromatic heterocycles. The molecule has 3 N–H and O–H groups in total. The minimum absolute atomic E-state index is 0.0561. The number of aromatic nitrogens is 2. The van der Waals surface area contributed by atoms with Gasteiger partial charge in [-0.1, -0.05) is 17.7 Å². The average Bonchev–Trinajstić information content (AvgIpc) is 3.31. The molecule has 34 heavy (non-hydrogen) atoms. The first-order chi connectivity index (χ1) is 16.4. The van der Waals surface area contributed by atoms with Gasteiger partial charge in [-0.05, 0) is 74.2 Å². The second-order valence-electron chi connectivity index (χ2n) is 9.13. The van der Waals surface area contributed by atoms with E-state index in [9.17, 15) is 14.0 Å². The summed E-state index contributed by atoms with van der Waals surface area (Å²) in [6.45, 7) is 4.36. The molecule has 3 heterocycles. The molecule has 2 aliphatic rings. The van der Waals surface area contributed by atoms with E-state index in [0.29, 0.717) is 35.2 Å². The number of fused-ring (bicyclic) bond motifs is 2. The van der Waals surface area contributed by atoms with Crippen LogP contribution in [-0.4, -0.2) is 47.0 Å². The zero-order chi connectivity index (χ0) is 23.8. The van der Waals surface area contributed by atoms with Gasteiger partial charge in [-0.3, -0.25) is 9.59 Å². The molecule has 1 saturated heterocycles. The highest BCUT2D eigenvalue weighted by Crippen LogP contribution is 2.31. The van der Waals surface area contributed by atoms with Crippen molar-refractivity contribution in [2.24, 2.45) is 5.92 Å². The minimum atomic E-state index is -0.591. The molecule has 0 saturated carbocycles. The van der Waals surface area contributed by atoms with Crippen LogP contribution in [0.5, 0.6) is 0 Å². The molecule has 2 aromatic carbocycles. The monoisotopic (exact) mass is 483 g/mol. The molecule has 1 amide bonds. The van der Waals surface area contributed by atoms with E-state index in [-0.39, 0.29) is 35.1 Å². The second-order valence-corrected chi connectivity index (χ2v) is 9.57. The van der Waals surface area contributed by atoms with Crippen molar-refractivity contribution >= 4 is 34.1 Å². The highest BCUT2D eigenvalue weighted by Gasteiger charge is 2.27. The zero-order valence-electron chi connectivity index (χ0n) is 19.0. The van der Waals surface area contributed by atoms with E-state index >= 15 is 0 Å². The van der Waals surface area contributed by atoms with Crippen LogP contribution in [0, 0.1) is 11.7 Å². The third kappa shape index (κ3) is 4.52. The first kappa shape index (κ1) is 22.8. The number of H-pyrrole nitrogens is 1. The van der Waals surface area contributed by atoms with Crippen LogP contribution in [0.3, 0.4) is 0 Å². The Kier molecular flexibility index (Phi) is 6.27. The van der Waals surface area contributed by atoms with Crippen LogP contribution in [-0.2, 0) is 17.6 Å². The van der Waals surface area contributed by atoms with E-state index in [1.807, 2.05) is 25.1 Å². The van der Waals surface area contributed by atoms with E-state index in [0.717, 1.165) is 37.1 Å². The summed E-state index contributed by atoms with van der Waals surface area (Å²) in [6, 6.07) is 8.34. The molecule has 9 heteroatoms. The van der Waals surface area contributed by atoms with Crippen LogP contribution < -0.4 is 16.2 Å². The Labute approximate surface area is 201 Å². The first-order valence-corrected chi connectivity index (χ1v) is 12.0. The number of halogens is 2. The van der Waals surface area contributed by atoms with Crippen molar-refractivity contribution < 1.29 is 9.18 Å². The van der Waals surface area contributed by atoms with Crippen molar-refractivity contribution in [2.75, 3.05) is 31.5 Å². The summed E-state index contributed by atoms with van der Waals surface area (Å²) in [4.78, 5) is 34.6. The molecule has 0 aliphatic carbocycles. The molecule has 0 spiro atoms. The maximum atomic E-state index is 14.7. The molecule has 3 aromatic rings. The number of benzene rings is 2. The summed E-state index contributed by atoms with van der Waals surface area (Å²) in [5, 5.41) is 7.11. The Morgan fingerprint density at radius 2 is 2.18 bits per heavy atom. The van der Waals surface area contributed by atoms with Gasteiger partial charge in [-0.2, -0.15) is 0 Å². The van der Waals surface area contributed by atoms with Crippen molar-refractivity contribution in [2.45, 2.75) is 32.2 Å². The summed E-state index contributed by atoms with van der Waals surface area (Å²) in [6.07, 6.45) is 2.42. The van der Waals surface area contributed by atoms with Crippen LogP contribution >= 0.6 is 11.6 Å². The molecule has 2 atom stereocenters. The van der Waals surface area contributed by atoms with Crippen LogP contribution in [0.1, 0.15) is 36.3 Å². The highest BCUT2D eigenvalue weighted by atomic mass is 35.5. The number of aromatic amines is 1. The quantitative estimate of drug-likeness (QED) is 0.517. The summed E-state index contributed by atoms with van der Waals surface area (Å²) in [5.74, 6) is 0.303. The minimum Gasteiger partial charge on any atom is -0.374 e. The molecular weight excluding hydrogens is 457 g/mol. The molecule has 5 rings (SSSR count). The first-order valence-electron chi connectivity index (χ1n) is 11.6. The molecule has 178 valence electrons. The van der Waals surface area contributed by atoms with E-state index in [4.69, 9.17) is 11.6 Å². The van der Waals surface area contributed by atoms with Crippen molar-refractivity contribution in [3.63, 3.8) is 0 Å². The number of nitrogens with one attached hydrogen (secondary N) is 3. The Morgan fingerprint density at radius 1 is 1.32 bits per heavy atom. The van der Waals surface area contributed by atoms with Gasteiger partial charge in [0.1, 0.15) is 11.6 Å². The summed E-state index contributed by atoms with van der Waals surface area (Å²) in [7, 11) is 0. The number of hydrogen-bond acceptors (Lipinski definition) is 5. The lowest BCUT2D eigenvalue weighted by atomic mass is 9.93. The Hall–Kier alpha value is -2.97. The normalized spacial score (nSPS) is 19.9. The summed E-state index contributed by atoms with van der Waals surface area (Å²) in [5.41, 5.74) is 2.45. The molecule has 0 radical (unpaired) electrons. The lowest BCUT2D eigenvalue weighted by Gasteiger charge is -2.35. The number of rotatable bonds is 5. The van der Waals surface area contributed by atoms with Gasteiger partial charge in [0.25, 0.3) is 5.56 Å². The predicted octanol–water partition coefficient (Wildman–Crippen LogP) is 3.43. The van der Waals surface area contributed by atoms with Gasteiger partial charge in [0.05, 0.1) is 29.2 Å². The number of amides is 1. The standard InChI is InChI=1S/C25H27ClFN5O2/c1-14-18-3-2-17(26)9-16(18)5-7-32(14)24(33)13-29-22-11-21-19(10-20(22)27)25(34)31-23(30-21)8-15-4-6-28-12-15/h2-3,9-11,14-15,28-29H,4-8,12-13H2,1H3,(H,30,31,34)/t14-,15?/m0/s1. The molecule has 7 nitrogen and oxygen atoms in total. The van der Waals surface area contributed by atoms with Gasteiger partial charge in [0, 0.05) is 18.0 Å². The number of anilines is 1. The van der Waals surface area contributed by atoms with Crippen LogP contribution in [0.25, 0.3) is 10.9 Å². The largest absolute Gasteiger partial charge is 0.374 e. The van der Waals surface area contributed by atoms with Gasteiger partial charge in [-0.15, -0.1) is 0 Å². The number of carbonyl (C=O) groups is 1. The number of nitrogens with zero attached hydrogens (tertiary/aromatic N) is 2. The number of carbonyl (C=O) groups excluding carboxylic acids is 1. The maximum Gasteiger partial charge on any atom is 0.258 e. The zero-order valence-corrected chi connectivity index (χ0v) is 19.7. The SMILES string of the molecule is C[C@H]1c2ccc(Cl)cc2CCN1C(=O)CNc1cc2nc(CC3CCNC3)[nH]c(=O)c2cc1F. The second kappa shape index (κ2) is 9.35. The third-order valence-electron chi connectivity index (χ3n) is 6.88. The lowest BCUT2D eigenvalue weighted by Crippen LogP contribution is -2.41. The van der Waals surface area contributed by atoms with Crippen LogP contribution in [0.15, 0.2) is 35.1 Å². The fraction of sp³-hybridized carbons (Fsp3) is 0.400. The van der Waals surface area contributed by atoms with E-state index in [1.54, 1.807) is 4.90 Å². The summed E-state index contributed by atoms with van der Waals surface area (Å²) < 4.78 is 14.7. The van der Waals surface area contributed by atoms with E-state index < -0.39 is 5.82 Å². The fourth-order valence-corrected chi connectivity index (χ4v) is 5.21. The topological polar surface area (TPSA) is 90.1 Å². The highest BCUT2D eigenvalue weighted by molar-refractivity contribution is 6.30. The lowest BCUT2D eigenvalue weighted by molar-refractivity contribution is -0.131. The van der Waals surface area contributed by atoms with E-state index in [2.05, 4.69) is 20.6 Å². The van der Waals surface area contributed by atoms with Gasteiger partial charge in [0.2, 0.25) is 5.91 Å². The molecule has 1 fully saturated rings. The summed E-state index contributed by atoms with van der Waals surface area (Å²) >= 11 is 6.10. The van der Waals surface area contributed by atoms with Crippen LogP contribution in [0.4, 0.5) is 10.1 Å². The van der Waals surface area contributed by atoms with Crippen molar-refractivity contribution in [3.05, 3.63) is 68.5 Å². The Morgan fingerprint density at radius 3 is 2.97 bits per heavy atom. The molecule has 0 bridgehead atoms. The maximum absolute atomic E-state index is 14.7. The van der Waals surface area contributed by atoms with Gasteiger partial charge < -0.3 is 20.5 Å². The van der Waals surface area contributed by atoms with Crippen molar-refractivity contribution in [1.82, 2.24) is 20.2 Å². The predicted molar refractivity (Wildman–Crippen MR) is 131 cm³/mol. The molecule has 1 unspecified atom stereocenters. The molecular formula is C25H27ClFN5O2. The number of hydrogen-bond donors (Lipinski definition) is 3. The Bertz CT molecular complexity index is 1300. The van der Waals surface area contributed by atoms with Crippen molar-refractivity contribution in [3.8, 4) is 0 Å². The fourth-order valence-electron chi connectivity index (χ4n) is 5.02. The average molecular weight is 484 g/mol. The van der Waals surface area contributed by atoms with Crippen LogP contribution in [0.2, 0.25) is 5.02 Å². The smallest absolute Gasteiger partial charge is 0.258 e. The van der Waals surface area contributed by atoms with E-state index in [1.165, 1.54) is 12.1 Å². The van der Waals surface area contributed by atoms with Gasteiger partial charge in [0.15, 0.2) is 0 Å². The van der Waals surface area contributed by atoms with Crippen molar-refractivity contribution in [1.29, 1.82) is 0 Å².